The molecule has 3 aromatic carbocycles. The number of aryl methyl sites for hydroxylation is 1. The van der Waals surface area contributed by atoms with E-state index in [-0.39, 0.29) is 6.61 Å². The Labute approximate surface area is 180 Å². The molecule has 6 heteroatoms. The van der Waals surface area contributed by atoms with Gasteiger partial charge in [0.2, 0.25) is 0 Å². The molecule has 0 aliphatic heterocycles. The van der Waals surface area contributed by atoms with Crippen LogP contribution in [-0.4, -0.2) is 25.6 Å². The third-order valence-corrected chi connectivity index (χ3v) is 5.53. The third-order valence-electron chi connectivity index (χ3n) is 4.29. The quantitative estimate of drug-likeness (QED) is 0.409. The first-order chi connectivity index (χ1) is 14.6. The molecule has 0 spiro atoms. The van der Waals surface area contributed by atoms with Crippen LogP contribution in [0.15, 0.2) is 83.8 Å². The highest BCUT2D eigenvalue weighted by Gasteiger charge is 2.24. The van der Waals surface area contributed by atoms with Crippen molar-refractivity contribution in [1.29, 1.82) is 0 Å². The predicted molar refractivity (Wildman–Crippen MR) is 119 cm³/mol. The van der Waals surface area contributed by atoms with Gasteiger partial charge < -0.3 is 14.8 Å². The fraction of sp³-hybridized carbons (Fsp3) is 0.167. The van der Waals surface area contributed by atoms with Crippen molar-refractivity contribution in [2.45, 2.75) is 17.1 Å². The molecule has 0 saturated carbocycles. The normalized spacial score (nSPS) is 11.4. The van der Waals surface area contributed by atoms with Crippen molar-refractivity contribution in [3.05, 3.63) is 90.0 Å². The highest BCUT2D eigenvalue weighted by Crippen LogP contribution is 2.36. The van der Waals surface area contributed by atoms with E-state index in [1.54, 1.807) is 12.1 Å². The van der Waals surface area contributed by atoms with E-state index in [0.717, 1.165) is 16.0 Å². The Morgan fingerprint density at radius 3 is 2.30 bits per heavy atom. The van der Waals surface area contributed by atoms with Gasteiger partial charge in [0, 0.05) is 4.90 Å². The number of hydrogen-bond acceptors (Lipinski definition) is 5. The zero-order valence-electron chi connectivity index (χ0n) is 16.8. The second-order valence-electron chi connectivity index (χ2n) is 6.58. The summed E-state index contributed by atoms with van der Waals surface area (Å²) in [5, 5.41) is 2.16. The van der Waals surface area contributed by atoms with Gasteiger partial charge in [-0.1, -0.05) is 54.6 Å². The number of carbonyl (C=O) groups is 2. The zero-order valence-corrected chi connectivity index (χ0v) is 17.6. The van der Waals surface area contributed by atoms with Crippen molar-refractivity contribution in [2.24, 2.45) is 0 Å². The van der Waals surface area contributed by atoms with E-state index >= 15 is 0 Å². The number of amides is 1. The van der Waals surface area contributed by atoms with Gasteiger partial charge in [0.15, 0.2) is 6.61 Å². The zero-order chi connectivity index (χ0) is 21.3. The maximum Gasteiger partial charge on any atom is 0.324 e. The van der Waals surface area contributed by atoms with Gasteiger partial charge in [-0.2, -0.15) is 0 Å². The summed E-state index contributed by atoms with van der Waals surface area (Å²) in [4.78, 5) is 26.1. The van der Waals surface area contributed by atoms with Crippen LogP contribution >= 0.6 is 11.8 Å². The van der Waals surface area contributed by atoms with E-state index in [4.69, 9.17) is 9.47 Å². The molecule has 5 nitrogen and oxygen atoms in total. The Bertz CT molecular complexity index is 993. The molecule has 1 amide bonds. The first kappa shape index (κ1) is 21.5. The van der Waals surface area contributed by atoms with E-state index < -0.39 is 17.1 Å². The standard InChI is InChI=1S/C24H23NO4S/c1-17-13-14-21(28-2)20(15-17)25-22(26)16-29-24(27)23(18-9-5-3-6-10-18)30-19-11-7-4-8-12-19/h3-15,23H,16H2,1-2H3,(H,25,26)/t23-/m1/s1. The van der Waals surface area contributed by atoms with Crippen LogP contribution in [-0.2, 0) is 14.3 Å². The van der Waals surface area contributed by atoms with Crippen molar-refractivity contribution in [2.75, 3.05) is 19.0 Å². The molecule has 0 aromatic heterocycles. The van der Waals surface area contributed by atoms with Gasteiger partial charge in [0.1, 0.15) is 11.0 Å². The molecule has 30 heavy (non-hydrogen) atoms. The molecule has 0 radical (unpaired) electrons. The first-order valence-electron chi connectivity index (χ1n) is 9.44. The molecule has 0 aliphatic carbocycles. The lowest BCUT2D eigenvalue weighted by Gasteiger charge is -2.16. The number of rotatable bonds is 8. The number of methoxy groups -OCH3 is 1. The molecule has 0 bridgehead atoms. The average Bonchev–Trinajstić information content (AvgIpc) is 2.77. The number of esters is 1. The molecular weight excluding hydrogens is 398 g/mol. The number of thioether (sulfide) groups is 1. The summed E-state index contributed by atoms with van der Waals surface area (Å²) in [6, 6.07) is 24.5. The van der Waals surface area contributed by atoms with Gasteiger partial charge in [-0.25, -0.2) is 0 Å². The molecule has 3 rings (SSSR count). The minimum absolute atomic E-state index is 0.380. The van der Waals surface area contributed by atoms with Crippen LogP contribution in [0.3, 0.4) is 0 Å². The Balaban J connectivity index is 1.67. The second kappa shape index (κ2) is 10.5. The number of nitrogens with one attached hydrogen (secondary N) is 1. The second-order valence-corrected chi connectivity index (χ2v) is 7.76. The summed E-state index contributed by atoms with van der Waals surface area (Å²) in [7, 11) is 1.53. The van der Waals surface area contributed by atoms with Gasteiger partial charge >= 0.3 is 5.97 Å². The molecule has 1 N–H and O–H groups in total. The van der Waals surface area contributed by atoms with E-state index in [1.807, 2.05) is 73.7 Å². The number of hydrogen-bond donors (Lipinski definition) is 1. The maximum absolute atomic E-state index is 12.8. The molecule has 0 heterocycles. The summed E-state index contributed by atoms with van der Waals surface area (Å²) in [6.45, 7) is 1.54. The maximum atomic E-state index is 12.8. The van der Waals surface area contributed by atoms with Gasteiger partial charge in [-0.15, -0.1) is 11.8 Å². The Morgan fingerprint density at radius 1 is 0.967 bits per heavy atom. The van der Waals surface area contributed by atoms with Crippen LogP contribution in [0.25, 0.3) is 0 Å². The molecule has 0 saturated heterocycles. The number of carbonyl (C=O) groups excluding carboxylic acids is 2. The SMILES string of the molecule is COc1ccc(C)cc1NC(=O)COC(=O)[C@H](Sc1ccccc1)c1ccccc1. The van der Waals surface area contributed by atoms with E-state index in [9.17, 15) is 9.59 Å². The summed E-state index contributed by atoms with van der Waals surface area (Å²) in [5.41, 5.74) is 2.33. The van der Waals surface area contributed by atoms with Crippen LogP contribution in [0.2, 0.25) is 0 Å². The smallest absolute Gasteiger partial charge is 0.324 e. The molecule has 1 atom stereocenters. The van der Waals surface area contributed by atoms with Gasteiger partial charge in [-0.05, 0) is 42.3 Å². The topological polar surface area (TPSA) is 64.6 Å². The lowest BCUT2D eigenvalue weighted by atomic mass is 10.1. The molecular formula is C24H23NO4S. The van der Waals surface area contributed by atoms with Gasteiger partial charge in [-0.3, -0.25) is 9.59 Å². The number of ether oxygens (including phenoxy) is 2. The van der Waals surface area contributed by atoms with E-state index in [1.165, 1.54) is 18.9 Å². The molecule has 3 aromatic rings. The molecule has 0 unspecified atom stereocenters. The Kier molecular flexibility index (Phi) is 7.51. The lowest BCUT2D eigenvalue weighted by molar-refractivity contribution is -0.146. The molecule has 0 aliphatic rings. The van der Waals surface area contributed by atoms with Crippen LogP contribution in [0, 0.1) is 6.92 Å². The summed E-state index contributed by atoms with van der Waals surface area (Å²) < 4.78 is 10.6. The summed E-state index contributed by atoms with van der Waals surface area (Å²) in [6.07, 6.45) is 0. The largest absolute Gasteiger partial charge is 0.495 e. The van der Waals surface area contributed by atoms with Crippen molar-refractivity contribution < 1.29 is 19.1 Å². The van der Waals surface area contributed by atoms with E-state index in [0.29, 0.717) is 11.4 Å². The minimum Gasteiger partial charge on any atom is -0.495 e. The average molecular weight is 422 g/mol. The Hall–Kier alpha value is -3.25. The van der Waals surface area contributed by atoms with Crippen LogP contribution < -0.4 is 10.1 Å². The number of anilines is 1. The molecule has 0 fully saturated rings. The molecule has 154 valence electrons. The lowest BCUT2D eigenvalue weighted by Crippen LogP contribution is -2.23. The predicted octanol–water partition coefficient (Wildman–Crippen LogP) is 5.02. The van der Waals surface area contributed by atoms with Crippen LogP contribution in [0.5, 0.6) is 5.75 Å². The highest BCUT2D eigenvalue weighted by atomic mass is 32.2. The Morgan fingerprint density at radius 2 is 1.63 bits per heavy atom. The fourth-order valence-electron chi connectivity index (χ4n) is 2.83. The number of benzene rings is 3. The fourth-order valence-corrected chi connectivity index (χ4v) is 3.88. The van der Waals surface area contributed by atoms with E-state index in [2.05, 4.69) is 5.32 Å². The van der Waals surface area contributed by atoms with Crippen LogP contribution in [0.4, 0.5) is 5.69 Å². The summed E-state index contributed by atoms with van der Waals surface area (Å²) in [5.74, 6) is -0.354. The van der Waals surface area contributed by atoms with Crippen molar-refractivity contribution in [1.82, 2.24) is 0 Å². The van der Waals surface area contributed by atoms with Gasteiger partial charge in [0.05, 0.1) is 12.8 Å². The summed E-state index contributed by atoms with van der Waals surface area (Å²) >= 11 is 1.39. The van der Waals surface area contributed by atoms with Crippen LogP contribution in [0.1, 0.15) is 16.4 Å². The third kappa shape index (κ3) is 5.87. The minimum atomic E-state index is -0.574. The first-order valence-corrected chi connectivity index (χ1v) is 10.3. The van der Waals surface area contributed by atoms with Gasteiger partial charge in [0.25, 0.3) is 5.91 Å². The van der Waals surface area contributed by atoms with Crippen molar-refractivity contribution in [3.8, 4) is 5.75 Å². The van der Waals surface area contributed by atoms with Crippen molar-refractivity contribution in [3.63, 3.8) is 0 Å². The van der Waals surface area contributed by atoms with Crippen molar-refractivity contribution >= 4 is 29.3 Å². The highest BCUT2D eigenvalue weighted by molar-refractivity contribution is 8.00. The monoisotopic (exact) mass is 421 g/mol.